The van der Waals surface area contributed by atoms with E-state index < -0.39 is 0 Å². The van der Waals surface area contributed by atoms with Gasteiger partial charge in [0.15, 0.2) is 11.5 Å². The van der Waals surface area contributed by atoms with Crippen LogP contribution in [0.5, 0.6) is 23.0 Å². The molecule has 19 heavy (non-hydrogen) atoms. The molecule has 0 saturated heterocycles. The molecular weight excluding hydrogens is 244 g/mol. The molecule has 0 spiro atoms. The Morgan fingerprint density at radius 3 is 2.16 bits per heavy atom. The van der Waals surface area contributed by atoms with Gasteiger partial charge in [0.05, 0.1) is 14.2 Å². The number of hydrogen-bond donors (Lipinski definition) is 2. The molecule has 0 aliphatic carbocycles. The lowest BCUT2D eigenvalue weighted by Crippen LogP contribution is -1.92. The van der Waals surface area contributed by atoms with Gasteiger partial charge in [0, 0.05) is 18.1 Å². The number of benzene rings is 2. The minimum absolute atomic E-state index is 0.0174. The van der Waals surface area contributed by atoms with Crippen LogP contribution in [-0.2, 0) is 6.42 Å². The van der Waals surface area contributed by atoms with Gasteiger partial charge in [-0.05, 0) is 23.8 Å². The second kappa shape index (κ2) is 5.52. The third kappa shape index (κ3) is 2.91. The van der Waals surface area contributed by atoms with Crippen molar-refractivity contribution in [3.63, 3.8) is 0 Å². The quantitative estimate of drug-likeness (QED) is 0.830. The van der Waals surface area contributed by atoms with E-state index in [1.54, 1.807) is 7.11 Å². The fraction of sp³-hybridized carbons (Fsp3) is 0.200. The third-order valence-electron chi connectivity index (χ3n) is 2.93. The van der Waals surface area contributed by atoms with E-state index in [1.165, 1.54) is 19.2 Å². The predicted octanol–water partition coefficient (Wildman–Crippen LogP) is 2.71. The molecule has 100 valence electrons. The Morgan fingerprint density at radius 2 is 1.58 bits per heavy atom. The Kier molecular flexibility index (Phi) is 3.80. The zero-order valence-electron chi connectivity index (χ0n) is 10.9. The summed E-state index contributed by atoms with van der Waals surface area (Å²) in [5, 5.41) is 19.6. The first-order chi connectivity index (χ1) is 9.13. The van der Waals surface area contributed by atoms with Crippen LogP contribution in [0.4, 0.5) is 0 Å². The lowest BCUT2D eigenvalue weighted by molar-refractivity contribution is 0.367. The summed E-state index contributed by atoms with van der Waals surface area (Å²) in [6, 6.07) is 10.5. The van der Waals surface area contributed by atoms with Gasteiger partial charge in [-0.2, -0.15) is 0 Å². The number of hydrogen-bond acceptors (Lipinski definition) is 4. The number of phenols is 2. The summed E-state index contributed by atoms with van der Waals surface area (Å²) >= 11 is 0. The van der Waals surface area contributed by atoms with Crippen molar-refractivity contribution >= 4 is 0 Å². The summed E-state index contributed by atoms with van der Waals surface area (Å²) in [6.45, 7) is 0. The second-order valence-electron chi connectivity index (χ2n) is 4.18. The Morgan fingerprint density at radius 1 is 0.895 bits per heavy atom. The summed E-state index contributed by atoms with van der Waals surface area (Å²) in [6.07, 6.45) is 0.521. The standard InChI is InChI=1S/C15H16O4/c1-18-12-5-3-10(4-6-12)7-11-8-14(17)15(19-2)9-13(11)16/h3-6,8-9,16-17H,7H2,1-2H3. The highest BCUT2D eigenvalue weighted by Gasteiger charge is 2.09. The molecular formula is C15H16O4. The molecule has 0 bridgehead atoms. The SMILES string of the molecule is COc1ccc(Cc2cc(O)c(OC)cc2O)cc1. The maximum atomic E-state index is 9.89. The van der Waals surface area contributed by atoms with Crippen LogP contribution in [0.1, 0.15) is 11.1 Å². The highest BCUT2D eigenvalue weighted by atomic mass is 16.5. The molecule has 4 nitrogen and oxygen atoms in total. The van der Waals surface area contributed by atoms with Crippen LogP contribution >= 0.6 is 0 Å². The molecule has 2 aromatic carbocycles. The zero-order chi connectivity index (χ0) is 13.8. The molecule has 0 fully saturated rings. The van der Waals surface area contributed by atoms with Crippen LogP contribution < -0.4 is 9.47 Å². The van der Waals surface area contributed by atoms with Crippen LogP contribution in [0.2, 0.25) is 0 Å². The Bertz CT molecular complexity index is 561. The highest BCUT2D eigenvalue weighted by Crippen LogP contribution is 2.34. The number of ether oxygens (including phenoxy) is 2. The molecule has 0 heterocycles. The highest BCUT2D eigenvalue weighted by molar-refractivity contribution is 5.50. The van der Waals surface area contributed by atoms with Crippen LogP contribution in [0.15, 0.2) is 36.4 Å². The fourth-order valence-corrected chi connectivity index (χ4v) is 1.87. The first-order valence-electron chi connectivity index (χ1n) is 5.86. The molecule has 0 aliphatic rings. The molecule has 2 aromatic rings. The van der Waals surface area contributed by atoms with E-state index in [2.05, 4.69) is 0 Å². The number of phenolic OH excluding ortho intramolecular Hbond substituents is 2. The van der Waals surface area contributed by atoms with Crippen molar-refractivity contribution in [2.75, 3.05) is 14.2 Å². The van der Waals surface area contributed by atoms with Crippen LogP contribution in [0.3, 0.4) is 0 Å². The van der Waals surface area contributed by atoms with E-state index in [-0.39, 0.29) is 17.2 Å². The molecule has 0 amide bonds. The maximum Gasteiger partial charge on any atom is 0.164 e. The lowest BCUT2D eigenvalue weighted by atomic mass is 10.0. The molecule has 0 aromatic heterocycles. The summed E-state index contributed by atoms with van der Waals surface area (Å²) in [7, 11) is 3.06. The smallest absolute Gasteiger partial charge is 0.164 e. The van der Waals surface area contributed by atoms with E-state index in [0.717, 1.165) is 11.3 Å². The summed E-state index contributed by atoms with van der Waals surface area (Å²) in [5.41, 5.74) is 1.66. The van der Waals surface area contributed by atoms with Gasteiger partial charge in [0.1, 0.15) is 11.5 Å². The van der Waals surface area contributed by atoms with Crippen molar-refractivity contribution < 1.29 is 19.7 Å². The molecule has 0 saturated carbocycles. The number of aromatic hydroxyl groups is 2. The monoisotopic (exact) mass is 260 g/mol. The topological polar surface area (TPSA) is 58.9 Å². The number of rotatable bonds is 4. The minimum atomic E-state index is 0.0174. The molecule has 0 unspecified atom stereocenters. The largest absolute Gasteiger partial charge is 0.508 e. The van der Waals surface area contributed by atoms with Gasteiger partial charge in [-0.15, -0.1) is 0 Å². The lowest BCUT2D eigenvalue weighted by Gasteiger charge is -2.09. The van der Waals surface area contributed by atoms with Gasteiger partial charge in [-0.1, -0.05) is 12.1 Å². The maximum absolute atomic E-state index is 9.89. The first kappa shape index (κ1) is 13.1. The van der Waals surface area contributed by atoms with Crippen molar-refractivity contribution in [2.24, 2.45) is 0 Å². The fourth-order valence-electron chi connectivity index (χ4n) is 1.87. The van der Waals surface area contributed by atoms with Crippen LogP contribution in [-0.4, -0.2) is 24.4 Å². The molecule has 0 radical (unpaired) electrons. The van der Waals surface area contributed by atoms with Crippen molar-refractivity contribution in [3.05, 3.63) is 47.5 Å². The average Bonchev–Trinajstić information content (AvgIpc) is 2.43. The molecule has 0 atom stereocenters. The van der Waals surface area contributed by atoms with Crippen molar-refractivity contribution in [1.29, 1.82) is 0 Å². The van der Waals surface area contributed by atoms with Gasteiger partial charge in [0.25, 0.3) is 0 Å². The average molecular weight is 260 g/mol. The Balaban J connectivity index is 2.25. The molecule has 2 rings (SSSR count). The van der Waals surface area contributed by atoms with Gasteiger partial charge < -0.3 is 19.7 Å². The van der Waals surface area contributed by atoms with E-state index in [1.807, 2.05) is 24.3 Å². The zero-order valence-corrected chi connectivity index (χ0v) is 10.9. The predicted molar refractivity (Wildman–Crippen MR) is 72.1 cm³/mol. The molecule has 2 N–H and O–H groups in total. The van der Waals surface area contributed by atoms with E-state index >= 15 is 0 Å². The van der Waals surface area contributed by atoms with E-state index in [0.29, 0.717) is 12.0 Å². The van der Waals surface area contributed by atoms with Crippen molar-refractivity contribution in [1.82, 2.24) is 0 Å². The second-order valence-corrected chi connectivity index (χ2v) is 4.18. The Labute approximate surface area is 111 Å². The van der Waals surface area contributed by atoms with Gasteiger partial charge in [0.2, 0.25) is 0 Å². The van der Waals surface area contributed by atoms with Crippen molar-refractivity contribution in [2.45, 2.75) is 6.42 Å². The van der Waals surface area contributed by atoms with Gasteiger partial charge in [-0.3, -0.25) is 0 Å². The molecule has 4 heteroatoms. The summed E-state index contributed by atoms with van der Waals surface area (Å²) in [4.78, 5) is 0. The first-order valence-corrected chi connectivity index (χ1v) is 5.86. The van der Waals surface area contributed by atoms with E-state index in [4.69, 9.17) is 9.47 Å². The van der Waals surface area contributed by atoms with Gasteiger partial charge in [-0.25, -0.2) is 0 Å². The normalized spacial score (nSPS) is 10.2. The van der Waals surface area contributed by atoms with Crippen LogP contribution in [0, 0.1) is 0 Å². The summed E-state index contributed by atoms with van der Waals surface area (Å²) < 4.78 is 10.0. The third-order valence-corrected chi connectivity index (χ3v) is 2.93. The van der Waals surface area contributed by atoms with Crippen LogP contribution in [0.25, 0.3) is 0 Å². The minimum Gasteiger partial charge on any atom is -0.508 e. The van der Waals surface area contributed by atoms with Gasteiger partial charge >= 0.3 is 0 Å². The van der Waals surface area contributed by atoms with Crippen molar-refractivity contribution in [3.8, 4) is 23.0 Å². The number of methoxy groups -OCH3 is 2. The van der Waals surface area contributed by atoms with E-state index in [9.17, 15) is 10.2 Å². The molecule has 0 aliphatic heterocycles. The Hall–Kier alpha value is -2.36. The summed E-state index contributed by atoms with van der Waals surface area (Å²) in [5.74, 6) is 1.16.